The summed E-state index contributed by atoms with van der Waals surface area (Å²) >= 11 is 3.39. The summed E-state index contributed by atoms with van der Waals surface area (Å²) in [7, 11) is 0. The molecule has 3 aromatic rings. The van der Waals surface area contributed by atoms with Crippen LogP contribution in [0.25, 0.3) is 17.0 Å². The third-order valence-corrected chi connectivity index (χ3v) is 3.10. The summed E-state index contributed by atoms with van der Waals surface area (Å²) in [5, 5.41) is 13.2. The van der Waals surface area contributed by atoms with Crippen LogP contribution >= 0.6 is 15.9 Å². The molecule has 0 saturated carbocycles. The van der Waals surface area contributed by atoms with Crippen molar-refractivity contribution in [3.63, 3.8) is 0 Å². The average molecular weight is 299 g/mol. The molecule has 0 spiro atoms. The second-order valence-electron chi connectivity index (χ2n) is 3.77. The predicted octanol–water partition coefficient (Wildman–Crippen LogP) is 3.03. The van der Waals surface area contributed by atoms with E-state index in [9.17, 15) is 0 Å². The fraction of sp³-hybridized carbons (Fsp3) is 0. The molecule has 0 unspecified atom stereocenters. The highest BCUT2D eigenvalue weighted by Crippen LogP contribution is 2.19. The summed E-state index contributed by atoms with van der Waals surface area (Å²) in [6.07, 6.45) is 1.74. The molecule has 0 saturated heterocycles. The lowest BCUT2D eigenvalue weighted by atomic mass is 10.2. The normalized spacial score (nSPS) is 10.4. The number of benzene rings is 1. The van der Waals surface area contributed by atoms with E-state index < -0.39 is 0 Å². The van der Waals surface area contributed by atoms with Gasteiger partial charge < -0.3 is 0 Å². The Morgan fingerprint density at radius 1 is 1.17 bits per heavy atom. The molecule has 4 nitrogen and oxygen atoms in total. The summed E-state index contributed by atoms with van der Waals surface area (Å²) in [5.74, 6) is 0.651. The summed E-state index contributed by atoms with van der Waals surface area (Å²) in [6, 6.07) is 13.3. The number of hydrogen-bond donors (Lipinski definition) is 0. The number of rotatable bonds is 1. The summed E-state index contributed by atoms with van der Waals surface area (Å²) in [6.45, 7) is 0. The molecule has 0 aliphatic rings. The van der Waals surface area contributed by atoms with Gasteiger partial charge in [0, 0.05) is 22.3 Å². The molecule has 0 aliphatic heterocycles. The Bertz CT molecular complexity index is 753. The van der Waals surface area contributed by atoms with Crippen molar-refractivity contribution < 1.29 is 0 Å². The van der Waals surface area contributed by atoms with Gasteiger partial charge in [-0.2, -0.15) is 5.26 Å². The number of hydrogen-bond acceptors (Lipinski definition) is 3. The first-order valence-corrected chi connectivity index (χ1v) is 6.08. The minimum Gasteiger partial charge on any atom is -0.220 e. The monoisotopic (exact) mass is 298 g/mol. The van der Waals surface area contributed by atoms with Crippen molar-refractivity contribution in [3.8, 4) is 17.5 Å². The topological polar surface area (TPSA) is 54.0 Å². The van der Waals surface area contributed by atoms with Crippen LogP contribution in [-0.2, 0) is 0 Å². The zero-order valence-corrected chi connectivity index (χ0v) is 10.8. The van der Waals surface area contributed by atoms with Crippen molar-refractivity contribution in [2.45, 2.75) is 0 Å². The largest absolute Gasteiger partial charge is 0.220 e. The van der Waals surface area contributed by atoms with Gasteiger partial charge in [0.2, 0.25) is 0 Å². The van der Waals surface area contributed by atoms with Gasteiger partial charge in [-0.05, 0) is 18.2 Å². The van der Waals surface area contributed by atoms with Gasteiger partial charge in [-0.15, -0.1) is 5.10 Å². The highest BCUT2D eigenvalue weighted by atomic mass is 79.9. The molecule has 86 valence electrons. The number of halogens is 1. The third kappa shape index (κ3) is 1.87. The van der Waals surface area contributed by atoms with E-state index in [2.05, 4.69) is 32.1 Å². The zero-order valence-electron chi connectivity index (χ0n) is 9.21. The number of pyridine rings is 1. The van der Waals surface area contributed by atoms with Crippen LogP contribution in [0.5, 0.6) is 0 Å². The van der Waals surface area contributed by atoms with Gasteiger partial charge in [-0.1, -0.05) is 28.1 Å². The highest BCUT2D eigenvalue weighted by molar-refractivity contribution is 9.10. The van der Waals surface area contributed by atoms with Gasteiger partial charge in [0.15, 0.2) is 11.5 Å². The first-order chi connectivity index (χ1) is 8.76. The fourth-order valence-electron chi connectivity index (χ4n) is 1.67. The lowest BCUT2D eigenvalue weighted by molar-refractivity contribution is 0.964. The minimum absolute atomic E-state index is 0.581. The van der Waals surface area contributed by atoms with E-state index in [0.717, 1.165) is 10.0 Å². The Morgan fingerprint density at radius 3 is 2.67 bits per heavy atom. The van der Waals surface area contributed by atoms with E-state index in [1.54, 1.807) is 22.8 Å². The lowest BCUT2D eigenvalue weighted by Gasteiger charge is -1.93. The molecule has 5 heteroatoms. The standard InChI is InChI=1S/C13H7BrN4/c14-11-3-1-10(2-4-11)13-16-12-7-9(8-15)5-6-18(12)17-13/h1-7H. The fourth-order valence-corrected chi connectivity index (χ4v) is 1.94. The molecular weight excluding hydrogens is 292 g/mol. The minimum atomic E-state index is 0.581. The third-order valence-electron chi connectivity index (χ3n) is 2.57. The zero-order chi connectivity index (χ0) is 12.5. The Labute approximate surface area is 112 Å². The Morgan fingerprint density at radius 2 is 1.94 bits per heavy atom. The molecule has 0 aliphatic carbocycles. The van der Waals surface area contributed by atoms with Gasteiger partial charge in [0.1, 0.15) is 0 Å². The average Bonchev–Trinajstić information content (AvgIpc) is 2.82. The summed E-state index contributed by atoms with van der Waals surface area (Å²) in [5.41, 5.74) is 2.20. The van der Waals surface area contributed by atoms with Crippen molar-refractivity contribution in [3.05, 3.63) is 52.6 Å². The van der Waals surface area contributed by atoms with Gasteiger partial charge in [-0.3, -0.25) is 0 Å². The van der Waals surface area contributed by atoms with Crippen molar-refractivity contribution in [2.24, 2.45) is 0 Å². The SMILES string of the molecule is N#Cc1ccn2nc(-c3ccc(Br)cc3)nc2c1. The van der Waals surface area contributed by atoms with Crippen LogP contribution in [0.4, 0.5) is 0 Å². The van der Waals surface area contributed by atoms with Crippen LogP contribution < -0.4 is 0 Å². The first kappa shape index (κ1) is 10.9. The number of aromatic nitrogens is 3. The molecule has 1 aromatic carbocycles. The Balaban J connectivity index is 2.13. The van der Waals surface area contributed by atoms with Gasteiger partial charge >= 0.3 is 0 Å². The van der Waals surface area contributed by atoms with Crippen LogP contribution in [0, 0.1) is 11.3 Å². The maximum absolute atomic E-state index is 8.84. The van der Waals surface area contributed by atoms with E-state index in [1.165, 1.54) is 0 Å². The van der Waals surface area contributed by atoms with Gasteiger partial charge in [0.05, 0.1) is 11.6 Å². The van der Waals surface area contributed by atoms with Crippen LogP contribution in [0.1, 0.15) is 5.56 Å². The van der Waals surface area contributed by atoms with E-state index in [1.807, 2.05) is 24.3 Å². The second kappa shape index (κ2) is 4.24. The molecule has 0 fully saturated rings. The maximum Gasteiger partial charge on any atom is 0.182 e. The van der Waals surface area contributed by atoms with E-state index in [-0.39, 0.29) is 0 Å². The smallest absolute Gasteiger partial charge is 0.182 e. The molecular formula is C13H7BrN4. The van der Waals surface area contributed by atoms with Crippen LogP contribution in [-0.4, -0.2) is 14.6 Å². The maximum atomic E-state index is 8.84. The molecule has 3 rings (SSSR count). The van der Waals surface area contributed by atoms with Gasteiger partial charge in [-0.25, -0.2) is 9.50 Å². The van der Waals surface area contributed by atoms with Crippen LogP contribution in [0.2, 0.25) is 0 Å². The molecule has 18 heavy (non-hydrogen) atoms. The Hall–Kier alpha value is -2.19. The van der Waals surface area contributed by atoms with Crippen molar-refractivity contribution in [1.82, 2.24) is 14.6 Å². The molecule has 0 bridgehead atoms. The lowest BCUT2D eigenvalue weighted by Crippen LogP contribution is -1.87. The van der Waals surface area contributed by atoms with Crippen molar-refractivity contribution in [1.29, 1.82) is 5.26 Å². The summed E-state index contributed by atoms with van der Waals surface area (Å²) in [4.78, 5) is 4.41. The predicted molar refractivity (Wildman–Crippen MR) is 70.8 cm³/mol. The highest BCUT2D eigenvalue weighted by Gasteiger charge is 2.06. The molecule has 0 N–H and O–H groups in total. The Kier molecular flexibility index (Phi) is 2.58. The first-order valence-electron chi connectivity index (χ1n) is 5.29. The van der Waals surface area contributed by atoms with Crippen LogP contribution in [0.3, 0.4) is 0 Å². The molecule has 0 radical (unpaired) electrons. The van der Waals surface area contributed by atoms with Gasteiger partial charge in [0.25, 0.3) is 0 Å². The number of nitriles is 1. The number of nitrogens with zero attached hydrogens (tertiary/aromatic N) is 4. The van der Waals surface area contributed by atoms with Crippen LogP contribution in [0.15, 0.2) is 47.1 Å². The summed E-state index contributed by atoms with van der Waals surface area (Å²) < 4.78 is 2.68. The number of fused-ring (bicyclic) bond motifs is 1. The van der Waals surface area contributed by atoms with Crippen molar-refractivity contribution >= 4 is 21.6 Å². The molecule has 0 atom stereocenters. The molecule has 0 amide bonds. The van der Waals surface area contributed by atoms with Crippen molar-refractivity contribution in [2.75, 3.05) is 0 Å². The second-order valence-corrected chi connectivity index (χ2v) is 4.69. The van der Waals surface area contributed by atoms with E-state index in [0.29, 0.717) is 17.0 Å². The van der Waals surface area contributed by atoms with E-state index in [4.69, 9.17) is 5.26 Å². The quantitative estimate of drug-likeness (QED) is 0.694. The molecule has 2 heterocycles. The van der Waals surface area contributed by atoms with E-state index >= 15 is 0 Å². The molecule has 2 aromatic heterocycles.